The number of H-pyrrole nitrogens is 1. The number of nitrogens with one attached hydrogen (secondary N) is 2. The summed E-state index contributed by atoms with van der Waals surface area (Å²) >= 11 is 5.92. The van der Waals surface area contributed by atoms with Crippen molar-refractivity contribution in [2.75, 3.05) is 5.32 Å². The number of hydrogen-bond acceptors (Lipinski definition) is 4. The number of halogens is 1. The van der Waals surface area contributed by atoms with Crippen LogP contribution in [0.25, 0.3) is 11.0 Å². The molecule has 0 amide bonds. The Morgan fingerprint density at radius 1 is 1.11 bits per heavy atom. The SMILES string of the molecule is Cc1[nH]nc2c(Nc3ccccc3)nc(Cl)nc12. The van der Waals surface area contributed by atoms with Crippen LogP contribution in [0.2, 0.25) is 5.28 Å². The second kappa shape index (κ2) is 4.27. The molecular formula is C12H10ClN5. The second-order valence-corrected chi connectivity index (χ2v) is 4.22. The van der Waals surface area contributed by atoms with Gasteiger partial charge in [-0.2, -0.15) is 10.1 Å². The molecule has 0 aliphatic heterocycles. The van der Waals surface area contributed by atoms with Crippen molar-refractivity contribution in [3.8, 4) is 0 Å². The zero-order valence-electron chi connectivity index (χ0n) is 9.61. The van der Waals surface area contributed by atoms with Gasteiger partial charge in [-0.1, -0.05) is 18.2 Å². The minimum atomic E-state index is 0.199. The van der Waals surface area contributed by atoms with Crippen LogP contribution < -0.4 is 5.32 Å². The first-order valence-corrected chi connectivity index (χ1v) is 5.82. The lowest BCUT2D eigenvalue weighted by atomic mass is 10.3. The Bertz CT molecular complexity index is 692. The van der Waals surface area contributed by atoms with E-state index >= 15 is 0 Å². The molecule has 0 spiro atoms. The Hall–Kier alpha value is -2.14. The summed E-state index contributed by atoms with van der Waals surface area (Å²) in [6.45, 7) is 1.89. The van der Waals surface area contributed by atoms with Crippen molar-refractivity contribution in [1.82, 2.24) is 20.2 Å². The van der Waals surface area contributed by atoms with Crippen LogP contribution in [0, 0.1) is 6.92 Å². The molecule has 1 aromatic carbocycles. The number of para-hydroxylation sites is 1. The first kappa shape index (κ1) is 11.0. The molecule has 2 N–H and O–H groups in total. The molecule has 0 unspecified atom stereocenters. The van der Waals surface area contributed by atoms with Crippen molar-refractivity contribution in [2.24, 2.45) is 0 Å². The topological polar surface area (TPSA) is 66.5 Å². The fraction of sp³-hybridized carbons (Fsp3) is 0.0833. The van der Waals surface area contributed by atoms with Gasteiger partial charge in [-0.05, 0) is 30.7 Å². The van der Waals surface area contributed by atoms with Crippen LogP contribution in [0.5, 0.6) is 0 Å². The van der Waals surface area contributed by atoms with Crippen molar-refractivity contribution in [3.05, 3.63) is 41.3 Å². The Balaban J connectivity index is 2.11. The van der Waals surface area contributed by atoms with Crippen LogP contribution in [0.4, 0.5) is 11.5 Å². The van der Waals surface area contributed by atoms with Gasteiger partial charge in [-0.25, -0.2) is 4.98 Å². The third kappa shape index (κ3) is 1.89. The van der Waals surface area contributed by atoms with Crippen LogP contribution in [0.3, 0.4) is 0 Å². The van der Waals surface area contributed by atoms with Gasteiger partial charge in [-0.15, -0.1) is 0 Å². The summed E-state index contributed by atoms with van der Waals surface area (Å²) in [6.07, 6.45) is 0. The lowest BCUT2D eigenvalue weighted by Gasteiger charge is -2.05. The second-order valence-electron chi connectivity index (χ2n) is 3.88. The molecule has 18 heavy (non-hydrogen) atoms. The van der Waals surface area contributed by atoms with Gasteiger partial charge in [0, 0.05) is 5.69 Å². The van der Waals surface area contributed by atoms with E-state index in [1.165, 1.54) is 0 Å². The first-order valence-electron chi connectivity index (χ1n) is 5.44. The molecule has 0 aliphatic carbocycles. The normalized spacial score (nSPS) is 10.8. The lowest BCUT2D eigenvalue weighted by Crippen LogP contribution is -1.96. The Kier molecular flexibility index (Phi) is 2.60. The fourth-order valence-corrected chi connectivity index (χ4v) is 1.90. The largest absolute Gasteiger partial charge is 0.338 e. The van der Waals surface area contributed by atoms with Crippen LogP contribution >= 0.6 is 11.6 Å². The number of anilines is 2. The van der Waals surface area contributed by atoms with Gasteiger partial charge in [0.25, 0.3) is 0 Å². The standard InChI is InChI=1S/C12H10ClN5/c1-7-9-10(18-17-7)11(16-12(13)15-9)14-8-5-3-2-4-6-8/h2-6H,1H3,(H,17,18)(H,14,15,16). The molecule has 90 valence electrons. The zero-order valence-corrected chi connectivity index (χ0v) is 10.4. The number of aryl methyl sites for hydroxylation is 1. The van der Waals surface area contributed by atoms with E-state index in [0.29, 0.717) is 11.3 Å². The number of aromatic amines is 1. The van der Waals surface area contributed by atoms with E-state index in [9.17, 15) is 0 Å². The maximum atomic E-state index is 5.92. The average Bonchev–Trinajstić information content (AvgIpc) is 2.73. The zero-order chi connectivity index (χ0) is 12.5. The van der Waals surface area contributed by atoms with E-state index in [0.717, 1.165) is 16.9 Å². The highest BCUT2D eigenvalue weighted by molar-refractivity contribution is 6.28. The molecular weight excluding hydrogens is 250 g/mol. The minimum absolute atomic E-state index is 0.199. The molecule has 5 nitrogen and oxygen atoms in total. The molecule has 0 aliphatic rings. The third-order valence-electron chi connectivity index (χ3n) is 2.58. The summed E-state index contributed by atoms with van der Waals surface area (Å²) in [4.78, 5) is 8.33. The van der Waals surface area contributed by atoms with Gasteiger partial charge in [0.1, 0.15) is 5.52 Å². The predicted molar refractivity (Wildman–Crippen MR) is 71.2 cm³/mol. The molecule has 6 heteroatoms. The van der Waals surface area contributed by atoms with Crippen LogP contribution in [0.15, 0.2) is 30.3 Å². The van der Waals surface area contributed by atoms with Crippen LogP contribution in [-0.4, -0.2) is 20.2 Å². The van der Waals surface area contributed by atoms with Gasteiger partial charge in [-0.3, -0.25) is 5.10 Å². The number of nitrogens with zero attached hydrogens (tertiary/aromatic N) is 3. The highest BCUT2D eigenvalue weighted by atomic mass is 35.5. The summed E-state index contributed by atoms with van der Waals surface area (Å²) in [5.74, 6) is 0.598. The quantitative estimate of drug-likeness (QED) is 0.694. The fourth-order valence-electron chi connectivity index (χ4n) is 1.73. The predicted octanol–water partition coefficient (Wildman–Crippen LogP) is 3.06. The maximum absolute atomic E-state index is 5.92. The van der Waals surface area contributed by atoms with Crippen LogP contribution in [-0.2, 0) is 0 Å². The Labute approximate surface area is 108 Å². The summed E-state index contributed by atoms with van der Waals surface area (Å²) in [5.41, 5.74) is 3.20. The van der Waals surface area contributed by atoms with Gasteiger partial charge >= 0.3 is 0 Å². The molecule has 0 saturated heterocycles. The van der Waals surface area contributed by atoms with Crippen molar-refractivity contribution >= 4 is 34.1 Å². The highest BCUT2D eigenvalue weighted by Gasteiger charge is 2.11. The summed E-state index contributed by atoms with van der Waals surface area (Å²) in [5, 5.41) is 10.4. The van der Waals surface area contributed by atoms with Crippen molar-refractivity contribution in [3.63, 3.8) is 0 Å². The number of rotatable bonds is 2. The number of benzene rings is 1. The summed E-state index contributed by atoms with van der Waals surface area (Å²) < 4.78 is 0. The van der Waals surface area contributed by atoms with Crippen molar-refractivity contribution in [2.45, 2.75) is 6.92 Å². The molecule has 3 rings (SSSR count). The maximum Gasteiger partial charge on any atom is 0.225 e. The molecule has 0 bridgehead atoms. The smallest absolute Gasteiger partial charge is 0.225 e. The molecule has 0 atom stereocenters. The van der Waals surface area contributed by atoms with E-state index in [4.69, 9.17) is 11.6 Å². The van der Waals surface area contributed by atoms with E-state index in [-0.39, 0.29) is 5.28 Å². The Morgan fingerprint density at radius 3 is 2.67 bits per heavy atom. The van der Waals surface area contributed by atoms with Gasteiger partial charge in [0.05, 0.1) is 5.69 Å². The molecule has 2 aromatic heterocycles. The van der Waals surface area contributed by atoms with Gasteiger partial charge < -0.3 is 5.32 Å². The summed E-state index contributed by atoms with van der Waals surface area (Å²) in [7, 11) is 0. The summed E-state index contributed by atoms with van der Waals surface area (Å²) in [6, 6.07) is 9.73. The molecule has 2 heterocycles. The number of fused-ring (bicyclic) bond motifs is 1. The number of hydrogen-bond donors (Lipinski definition) is 2. The highest BCUT2D eigenvalue weighted by Crippen LogP contribution is 2.24. The van der Waals surface area contributed by atoms with Crippen LogP contribution in [0.1, 0.15) is 5.69 Å². The average molecular weight is 260 g/mol. The van der Waals surface area contributed by atoms with Crippen molar-refractivity contribution < 1.29 is 0 Å². The minimum Gasteiger partial charge on any atom is -0.338 e. The van der Waals surface area contributed by atoms with E-state index < -0.39 is 0 Å². The van der Waals surface area contributed by atoms with E-state index in [1.54, 1.807) is 0 Å². The molecule has 0 saturated carbocycles. The van der Waals surface area contributed by atoms with Gasteiger partial charge in [0.2, 0.25) is 5.28 Å². The van der Waals surface area contributed by atoms with E-state index in [2.05, 4.69) is 25.5 Å². The first-order chi connectivity index (χ1) is 8.74. The monoisotopic (exact) mass is 259 g/mol. The van der Waals surface area contributed by atoms with Crippen molar-refractivity contribution in [1.29, 1.82) is 0 Å². The molecule has 0 fully saturated rings. The number of aromatic nitrogens is 4. The Morgan fingerprint density at radius 2 is 1.89 bits per heavy atom. The van der Waals surface area contributed by atoms with Gasteiger partial charge in [0.15, 0.2) is 11.3 Å². The molecule has 0 radical (unpaired) electrons. The third-order valence-corrected chi connectivity index (χ3v) is 2.75. The molecule has 3 aromatic rings. The lowest BCUT2D eigenvalue weighted by molar-refractivity contribution is 1.07. The van der Waals surface area contributed by atoms with E-state index in [1.807, 2.05) is 37.3 Å².